The maximum Gasteiger partial charge on any atom is 0.162 e. The zero-order chi connectivity index (χ0) is 14.0. The first-order valence-electron chi connectivity index (χ1n) is 6.69. The maximum absolute atomic E-state index is 6.61. The molecule has 2 rings (SSSR count). The quantitative estimate of drug-likeness (QED) is 0.713. The molecule has 1 atom stereocenters. The highest BCUT2D eigenvalue weighted by Gasteiger charge is 2.30. The van der Waals surface area contributed by atoms with Crippen molar-refractivity contribution in [3.63, 3.8) is 0 Å². The smallest absolute Gasteiger partial charge is 0.162 e. The number of fused-ring (bicyclic) bond motifs is 1. The first-order valence-corrected chi connectivity index (χ1v) is 7.50. The van der Waals surface area contributed by atoms with Crippen molar-refractivity contribution in [2.24, 2.45) is 5.41 Å². The van der Waals surface area contributed by atoms with Crippen molar-refractivity contribution in [3.05, 3.63) is 22.7 Å². The van der Waals surface area contributed by atoms with Gasteiger partial charge in [0, 0.05) is 17.5 Å². The fourth-order valence-electron chi connectivity index (χ4n) is 1.99. The van der Waals surface area contributed by atoms with Crippen LogP contribution in [0.3, 0.4) is 0 Å². The largest absolute Gasteiger partial charge is 0.490 e. The average Bonchev–Trinajstić information content (AvgIpc) is 2.61. The Hall–Kier alpha value is -0.600. The first-order chi connectivity index (χ1) is 8.95. The van der Waals surface area contributed by atoms with Gasteiger partial charge in [-0.3, -0.25) is 0 Å². The first kappa shape index (κ1) is 14.8. The minimum atomic E-state index is -0.151. The van der Waals surface area contributed by atoms with E-state index in [0.29, 0.717) is 24.0 Å². The molecule has 1 heterocycles. The Balaban J connectivity index is 2.39. The molecule has 1 aromatic carbocycles. The molecule has 0 amide bonds. The van der Waals surface area contributed by atoms with Crippen LogP contribution in [0.15, 0.2) is 12.1 Å². The van der Waals surface area contributed by atoms with Crippen molar-refractivity contribution < 1.29 is 9.47 Å². The minimum absolute atomic E-state index is 0.0228. The van der Waals surface area contributed by atoms with Gasteiger partial charge in [0.15, 0.2) is 11.5 Å². The van der Waals surface area contributed by atoms with Gasteiger partial charge in [-0.25, -0.2) is 0 Å². The third kappa shape index (κ3) is 3.11. The van der Waals surface area contributed by atoms with Crippen LogP contribution in [-0.2, 0) is 0 Å². The van der Waals surface area contributed by atoms with Gasteiger partial charge < -0.3 is 9.47 Å². The second kappa shape index (κ2) is 5.80. The standard InChI is InChI=1S/C15H20Cl2O2/c1-4-15(2,3)14(17)10-8-12-13(9-11(10)16)19-7-5-6-18-12/h8-9,14H,4-7H2,1-3H3. The number of halogens is 2. The lowest BCUT2D eigenvalue weighted by Gasteiger charge is -2.30. The van der Waals surface area contributed by atoms with Gasteiger partial charge in [-0.1, -0.05) is 32.4 Å². The molecule has 19 heavy (non-hydrogen) atoms. The molecule has 0 N–H and O–H groups in total. The lowest BCUT2D eigenvalue weighted by atomic mass is 9.82. The lowest BCUT2D eigenvalue weighted by Crippen LogP contribution is -2.17. The molecule has 0 aliphatic carbocycles. The Morgan fingerprint density at radius 1 is 1.21 bits per heavy atom. The predicted octanol–water partition coefficient (Wildman–Crippen LogP) is 5.22. The van der Waals surface area contributed by atoms with E-state index in [-0.39, 0.29) is 10.8 Å². The van der Waals surface area contributed by atoms with Crippen molar-refractivity contribution >= 4 is 23.2 Å². The van der Waals surface area contributed by atoms with E-state index >= 15 is 0 Å². The van der Waals surface area contributed by atoms with E-state index in [1.54, 1.807) is 0 Å². The highest BCUT2D eigenvalue weighted by atomic mass is 35.5. The van der Waals surface area contributed by atoms with Gasteiger partial charge in [-0.2, -0.15) is 0 Å². The molecule has 1 aromatic rings. The number of ether oxygens (including phenoxy) is 2. The fraction of sp³-hybridized carbons (Fsp3) is 0.600. The third-order valence-corrected chi connectivity index (χ3v) is 4.89. The van der Waals surface area contributed by atoms with Crippen LogP contribution in [0.2, 0.25) is 5.02 Å². The highest BCUT2D eigenvalue weighted by molar-refractivity contribution is 6.33. The molecule has 0 bridgehead atoms. The molecule has 0 spiro atoms. The molecule has 0 radical (unpaired) electrons. The van der Waals surface area contributed by atoms with Crippen molar-refractivity contribution in [1.29, 1.82) is 0 Å². The monoisotopic (exact) mass is 302 g/mol. The molecular formula is C15H20Cl2O2. The van der Waals surface area contributed by atoms with E-state index in [1.807, 2.05) is 12.1 Å². The van der Waals surface area contributed by atoms with Crippen molar-refractivity contribution in [1.82, 2.24) is 0 Å². The fourth-order valence-corrected chi connectivity index (χ4v) is 2.65. The van der Waals surface area contributed by atoms with Crippen LogP contribution in [0.25, 0.3) is 0 Å². The van der Waals surface area contributed by atoms with Gasteiger partial charge in [-0.05, 0) is 23.5 Å². The normalized spacial score (nSPS) is 16.9. The lowest BCUT2D eigenvalue weighted by molar-refractivity contribution is 0.296. The minimum Gasteiger partial charge on any atom is -0.490 e. The van der Waals surface area contributed by atoms with E-state index in [2.05, 4.69) is 20.8 Å². The molecule has 1 unspecified atom stereocenters. The Labute approximate surface area is 125 Å². The maximum atomic E-state index is 6.61. The predicted molar refractivity (Wildman–Crippen MR) is 79.7 cm³/mol. The highest BCUT2D eigenvalue weighted by Crippen LogP contribution is 2.47. The van der Waals surface area contributed by atoms with E-state index in [9.17, 15) is 0 Å². The molecule has 1 aliphatic heterocycles. The molecule has 0 aromatic heterocycles. The SMILES string of the molecule is CCC(C)(C)C(Cl)c1cc2c(cc1Cl)OCCCO2. The van der Waals surface area contributed by atoms with Crippen LogP contribution in [-0.4, -0.2) is 13.2 Å². The number of benzene rings is 1. The summed E-state index contributed by atoms with van der Waals surface area (Å²) in [6.45, 7) is 7.74. The van der Waals surface area contributed by atoms with E-state index in [0.717, 1.165) is 24.2 Å². The van der Waals surface area contributed by atoms with Crippen molar-refractivity contribution in [2.75, 3.05) is 13.2 Å². The summed E-state index contributed by atoms with van der Waals surface area (Å²) < 4.78 is 11.3. The molecule has 4 heteroatoms. The number of hydrogen-bond acceptors (Lipinski definition) is 2. The summed E-state index contributed by atoms with van der Waals surface area (Å²) in [6, 6.07) is 3.75. The number of alkyl halides is 1. The summed E-state index contributed by atoms with van der Waals surface area (Å²) >= 11 is 13.0. The third-order valence-electron chi connectivity index (χ3n) is 3.74. The molecule has 106 valence electrons. The zero-order valence-electron chi connectivity index (χ0n) is 11.6. The summed E-state index contributed by atoms with van der Waals surface area (Å²) in [5.41, 5.74) is 0.893. The van der Waals surface area contributed by atoms with Crippen LogP contribution in [0.5, 0.6) is 11.5 Å². The summed E-state index contributed by atoms with van der Waals surface area (Å²) in [5.74, 6) is 1.46. The average molecular weight is 303 g/mol. The Morgan fingerprint density at radius 3 is 2.37 bits per heavy atom. The van der Waals surface area contributed by atoms with Gasteiger partial charge >= 0.3 is 0 Å². The molecule has 2 nitrogen and oxygen atoms in total. The summed E-state index contributed by atoms with van der Waals surface area (Å²) in [7, 11) is 0. The Kier molecular flexibility index (Phi) is 4.52. The summed E-state index contributed by atoms with van der Waals surface area (Å²) in [4.78, 5) is 0. The van der Waals surface area contributed by atoms with Gasteiger partial charge in [0.05, 0.1) is 18.6 Å². The summed E-state index contributed by atoms with van der Waals surface area (Å²) in [6.07, 6.45) is 1.86. The number of hydrogen-bond donors (Lipinski definition) is 0. The Morgan fingerprint density at radius 2 is 1.79 bits per heavy atom. The number of rotatable bonds is 3. The van der Waals surface area contributed by atoms with E-state index in [1.165, 1.54) is 0 Å². The second-order valence-electron chi connectivity index (χ2n) is 5.58. The van der Waals surface area contributed by atoms with Crippen LogP contribution in [0.4, 0.5) is 0 Å². The van der Waals surface area contributed by atoms with Gasteiger partial charge in [-0.15, -0.1) is 11.6 Å². The van der Waals surface area contributed by atoms with E-state index in [4.69, 9.17) is 32.7 Å². The molecule has 0 fully saturated rings. The van der Waals surface area contributed by atoms with Gasteiger partial charge in [0.2, 0.25) is 0 Å². The molecule has 0 saturated carbocycles. The van der Waals surface area contributed by atoms with Crippen LogP contribution >= 0.6 is 23.2 Å². The van der Waals surface area contributed by atoms with Crippen LogP contribution < -0.4 is 9.47 Å². The summed E-state index contributed by atoms with van der Waals surface area (Å²) in [5, 5.41) is 0.493. The van der Waals surface area contributed by atoms with Crippen LogP contribution in [0.1, 0.15) is 44.6 Å². The topological polar surface area (TPSA) is 18.5 Å². The molecule has 1 aliphatic rings. The molecule has 0 saturated heterocycles. The van der Waals surface area contributed by atoms with Gasteiger partial charge in [0.25, 0.3) is 0 Å². The van der Waals surface area contributed by atoms with Crippen molar-refractivity contribution in [3.8, 4) is 11.5 Å². The molecular weight excluding hydrogens is 283 g/mol. The van der Waals surface area contributed by atoms with E-state index < -0.39 is 0 Å². The van der Waals surface area contributed by atoms with Crippen molar-refractivity contribution in [2.45, 2.75) is 39.0 Å². The van der Waals surface area contributed by atoms with Crippen LogP contribution in [0, 0.1) is 5.41 Å². The van der Waals surface area contributed by atoms with Gasteiger partial charge in [0.1, 0.15) is 0 Å². The zero-order valence-corrected chi connectivity index (χ0v) is 13.1. The second-order valence-corrected chi connectivity index (χ2v) is 6.42. The Bertz CT molecular complexity index is 458.